The molecule has 0 unspecified atom stereocenters. The molecule has 0 aromatic rings. The molecule has 0 atom stereocenters. The summed E-state index contributed by atoms with van der Waals surface area (Å²) >= 11 is -3.50. The molecule has 0 bridgehead atoms. The molecule has 7 heteroatoms. The number of hydrogen-bond donors (Lipinski definition) is 0. The zero-order valence-corrected chi connectivity index (χ0v) is 6.40. The summed E-state index contributed by atoms with van der Waals surface area (Å²) in [4.78, 5) is 0. The summed E-state index contributed by atoms with van der Waals surface area (Å²) in [5.41, 5.74) is 0. The van der Waals surface area contributed by atoms with E-state index in [0.717, 1.165) is 0 Å². The maximum absolute atomic E-state index is 8.46. The normalized spacial score (nSPS) is 2.29. The standard InChI is InChI=1S/2Al.Ni.4O/q;;+2;;;2*-1. The third-order valence-corrected chi connectivity index (χ3v) is 0. The van der Waals surface area contributed by atoms with Crippen LogP contribution in [0.5, 0.6) is 0 Å². The van der Waals surface area contributed by atoms with Gasteiger partial charge in [0.2, 0.25) is 0 Å². The van der Waals surface area contributed by atoms with Gasteiger partial charge >= 0.3 is 63.4 Å². The Hall–Kier alpha value is 0.758. The van der Waals surface area contributed by atoms with Crippen LogP contribution in [0.3, 0.4) is 0 Å². The van der Waals surface area contributed by atoms with Crippen molar-refractivity contribution in [2.24, 2.45) is 0 Å². The van der Waals surface area contributed by atoms with Crippen molar-refractivity contribution < 1.29 is 32.4 Å². The molecule has 0 aromatic carbocycles. The maximum atomic E-state index is 8.46. The Bertz CT molecular complexity index is 30.7. The molecule has 7 heavy (non-hydrogen) atoms. The van der Waals surface area contributed by atoms with E-state index in [0.29, 0.717) is 0 Å². The van der Waals surface area contributed by atoms with Crippen LogP contribution in [-0.4, -0.2) is 31.0 Å². The second kappa shape index (κ2) is 29.5. The van der Waals surface area contributed by atoms with Crippen molar-refractivity contribution in [2.45, 2.75) is 0 Å². The van der Waals surface area contributed by atoms with Crippen LogP contribution in [0.2, 0.25) is 0 Å². The van der Waals surface area contributed by atoms with E-state index < -0.39 is 31.0 Å². The van der Waals surface area contributed by atoms with Crippen LogP contribution in [0.25, 0.3) is 0 Å². The third-order valence-electron chi connectivity index (χ3n) is 0. The first kappa shape index (κ1) is 15.7. The second-order valence-corrected chi connectivity index (χ2v) is 0.577. The first-order chi connectivity index (χ1) is 2.83. The molecular formula is Al2NiO4. The molecule has 40 valence electrons. The van der Waals surface area contributed by atoms with Crippen molar-refractivity contribution >= 4 is 31.0 Å². The van der Waals surface area contributed by atoms with Crippen molar-refractivity contribution in [3.63, 3.8) is 0 Å². The molecular weight excluding hydrogens is 177 g/mol. The molecule has 0 N–H and O–H groups in total. The Morgan fingerprint density at radius 1 is 1.00 bits per heavy atom. The predicted octanol–water partition coefficient (Wildman–Crippen LogP) is -3.38. The molecule has 0 spiro atoms. The van der Waals surface area contributed by atoms with Crippen LogP contribution < -0.4 is 8.32 Å². The molecule has 0 aliphatic carbocycles. The second-order valence-electron chi connectivity index (χ2n) is 0.192. The van der Waals surface area contributed by atoms with Gasteiger partial charge < -0.3 is 0 Å². The zero-order chi connectivity index (χ0) is 5.41. The number of hydrogen-bond acceptors (Lipinski definition) is 4. The first-order valence-electron chi connectivity index (χ1n) is 0.943. The van der Waals surface area contributed by atoms with E-state index in [4.69, 9.17) is 15.9 Å². The summed E-state index contributed by atoms with van der Waals surface area (Å²) in [6.07, 6.45) is 0. The number of rotatable bonds is 0. The molecule has 0 aliphatic heterocycles. The molecule has 0 amide bonds. The third kappa shape index (κ3) is 266. The zero-order valence-electron chi connectivity index (χ0n) is 3.10. The first-order valence-corrected chi connectivity index (χ1v) is 2.83. The van der Waals surface area contributed by atoms with Crippen LogP contribution >= 0.6 is 0 Å². The summed E-state index contributed by atoms with van der Waals surface area (Å²) in [7, 11) is 0. The molecule has 0 saturated heterocycles. The van der Waals surface area contributed by atoms with Gasteiger partial charge in [0.15, 0.2) is 0 Å². The summed E-state index contributed by atoms with van der Waals surface area (Å²) in [6, 6.07) is 0. The van der Waals surface area contributed by atoms with E-state index in [1.54, 1.807) is 0 Å². The Morgan fingerprint density at radius 2 is 1.00 bits per heavy atom. The Kier molecular flexibility index (Phi) is 65.9. The van der Waals surface area contributed by atoms with Crippen molar-refractivity contribution in [1.82, 2.24) is 0 Å². The van der Waals surface area contributed by atoms with Gasteiger partial charge in [-0.25, -0.2) is 0 Å². The monoisotopic (exact) mass is 176 g/mol. The summed E-state index contributed by atoms with van der Waals surface area (Å²) in [5, 5.41) is 0. The van der Waals surface area contributed by atoms with E-state index in [1.165, 1.54) is 0 Å². The van der Waals surface area contributed by atoms with Gasteiger partial charge in [-0.15, -0.1) is 0 Å². The van der Waals surface area contributed by atoms with E-state index in [1.807, 2.05) is 0 Å². The van der Waals surface area contributed by atoms with Gasteiger partial charge in [0.1, 0.15) is 0 Å². The van der Waals surface area contributed by atoms with Crippen molar-refractivity contribution in [2.75, 3.05) is 0 Å². The summed E-state index contributed by atoms with van der Waals surface area (Å²) in [6.45, 7) is 0. The molecule has 0 saturated carbocycles. The van der Waals surface area contributed by atoms with Gasteiger partial charge in [-0.2, -0.15) is 0 Å². The minimum absolute atomic E-state index is 0. The van der Waals surface area contributed by atoms with Crippen LogP contribution in [0.4, 0.5) is 0 Å². The van der Waals surface area contributed by atoms with Crippen molar-refractivity contribution in [3.8, 4) is 0 Å². The van der Waals surface area contributed by atoms with Crippen molar-refractivity contribution in [1.29, 1.82) is 0 Å². The van der Waals surface area contributed by atoms with Gasteiger partial charge in [-0.1, -0.05) is 0 Å². The molecule has 0 fully saturated rings. The van der Waals surface area contributed by atoms with E-state index >= 15 is 0 Å². The predicted molar refractivity (Wildman–Crippen MR) is 12.9 cm³/mol. The molecule has 0 heterocycles. The van der Waals surface area contributed by atoms with E-state index in [-0.39, 0.29) is 16.5 Å². The Morgan fingerprint density at radius 3 is 1.00 bits per heavy atom. The average Bonchev–Trinajstić information content (AvgIpc) is 1.39. The fraction of sp³-hybridized carbons (Fsp3) is 0. The summed E-state index contributed by atoms with van der Waals surface area (Å²) in [5.74, 6) is 0. The van der Waals surface area contributed by atoms with Gasteiger partial charge in [-0.05, 0) is 0 Å². The van der Waals surface area contributed by atoms with Gasteiger partial charge in [0.25, 0.3) is 0 Å². The molecule has 4 nitrogen and oxygen atoms in total. The quantitative estimate of drug-likeness (QED) is 0.361. The van der Waals surface area contributed by atoms with Gasteiger partial charge in [0.05, 0.1) is 0 Å². The fourth-order valence-corrected chi connectivity index (χ4v) is 0. The van der Waals surface area contributed by atoms with Gasteiger partial charge in [-0.3, -0.25) is 0 Å². The minimum atomic E-state index is -1.75. The molecule has 0 rings (SSSR count). The Labute approximate surface area is 63.4 Å². The van der Waals surface area contributed by atoms with Crippen LogP contribution in [0, 0.1) is 0 Å². The fourth-order valence-electron chi connectivity index (χ4n) is 0. The Balaban J connectivity index is -0.0000000400. The van der Waals surface area contributed by atoms with Crippen LogP contribution in [-0.2, 0) is 24.1 Å². The van der Waals surface area contributed by atoms with E-state index in [2.05, 4.69) is 0 Å². The van der Waals surface area contributed by atoms with E-state index in [9.17, 15) is 0 Å². The SMILES string of the molecule is [Ni+2].[O]=[Al][O-].[O]=[Al][O-]. The van der Waals surface area contributed by atoms with Crippen molar-refractivity contribution in [3.05, 3.63) is 0 Å². The van der Waals surface area contributed by atoms with Crippen LogP contribution in [0.15, 0.2) is 0 Å². The molecule has 0 radical (unpaired) electrons. The topological polar surface area (TPSA) is 80.3 Å². The summed E-state index contributed by atoms with van der Waals surface area (Å²) < 4.78 is 33.8. The average molecular weight is 177 g/mol. The molecule has 0 aliphatic rings. The molecule has 0 aromatic heterocycles. The van der Waals surface area contributed by atoms with Crippen LogP contribution in [0.1, 0.15) is 0 Å². The van der Waals surface area contributed by atoms with Gasteiger partial charge in [0, 0.05) is 0 Å².